The normalized spacial score (nSPS) is 11.2. The molecule has 0 amide bonds. The third-order valence-corrected chi connectivity index (χ3v) is 2.70. The van der Waals surface area contributed by atoms with Crippen molar-refractivity contribution in [2.45, 2.75) is 0 Å². The number of nitrogens with one attached hydrogen (secondary N) is 1. The van der Waals surface area contributed by atoms with E-state index in [1.807, 2.05) is 12.1 Å². The second kappa shape index (κ2) is 4.99. The van der Waals surface area contributed by atoms with Crippen molar-refractivity contribution in [1.29, 1.82) is 0 Å². The van der Waals surface area contributed by atoms with E-state index >= 15 is 0 Å². The number of aromatic nitrogens is 4. The Morgan fingerprint density at radius 2 is 2.16 bits per heavy atom. The van der Waals surface area contributed by atoms with Crippen LogP contribution in [-0.4, -0.2) is 26.1 Å². The molecule has 0 radical (unpaired) electrons. The van der Waals surface area contributed by atoms with Gasteiger partial charge in [0.05, 0.1) is 12.5 Å². The van der Waals surface area contributed by atoms with Gasteiger partial charge in [0.2, 0.25) is 4.77 Å². The molecule has 0 atom stereocenters. The van der Waals surface area contributed by atoms with Gasteiger partial charge in [-0.05, 0) is 36.5 Å². The number of nitrogens with zero attached hydrogens (tertiary/aromatic N) is 4. The standard InChI is InChI=1S/C12H9N5OS/c19-12-16-15-11(9-3-5-13-6-4-9)17(12)14-8-10-2-1-7-18-10/h1-8H,(H,16,19)/b14-8+. The second-order valence-electron chi connectivity index (χ2n) is 3.66. The molecular formula is C12H9N5OS. The summed E-state index contributed by atoms with van der Waals surface area (Å²) >= 11 is 5.15. The SMILES string of the molecule is S=c1[nH]nc(-c2ccncc2)n1/N=C/c1ccco1. The minimum Gasteiger partial charge on any atom is -0.463 e. The van der Waals surface area contributed by atoms with E-state index < -0.39 is 0 Å². The van der Waals surface area contributed by atoms with Gasteiger partial charge in [0.1, 0.15) is 5.76 Å². The van der Waals surface area contributed by atoms with E-state index in [-0.39, 0.29) is 0 Å². The Kier molecular flexibility index (Phi) is 3.03. The zero-order valence-electron chi connectivity index (χ0n) is 9.72. The highest BCUT2D eigenvalue weighted by atomic mass is 32.1. The van der Waals surface area contributed by atoms with Crippen LogP contribution in [0.4, 0.5) is 0 Å². The van der Waals surface area contributed by atoms with Crippen LogP contribution in [0.3, 0.4) is 0 Å². The van der Waals surface area contributed by atoms with Gasteiger partial charge in [0, 0.05) is 18.0 Å². The minimum absolute atomic E-state index is 0.412. The summed E-state index contributed by atoms with van der Waals surface area (Å²) in [7, 11) is 0. The number of hydrogen-bond acceptors (Lipinski definition) is 5. The number of hydrogen-bond donors (Lipinski definition) is 1. The van der Waals surface area contributed by atoms with Gasteiger partial charge in [-0.15, -0.1) is 0 Å². The largest absolute Gasteiger partial charge is 0.463 e. The molecule has 0 unspecified atom stereocenters. The third kappa shape index (κ3) is 2.36. The quantitative estimate of drug-likeness (QED) is 0.586. The Hall–Kier alpha value is -2.54. The Morgan fingerprint density at radius 3 is 2.89 bits per heavy atom. The number of furan rings is 1. The predicted octanol–water partition coefficient (Wildman–Crippen LogP) is 2.48. The summed E-state index contributed by atoms with van der Waals surface area (Å²) in [5.74, 6) is 1.26. The Bertz CT molecular complexity index is 742. The molecular weight excluding hydrogens is 262 g/mol. The molecule has 6 nitrogen and oxygen atoms in total. The lowest BCUT2D eigenvalue weighted by Crippen LogP contribution is -1.94. The van der Waals surface area contributed by atoms with Crippen LogP contribution >= 0.6 is 12.2 Å². The maximum Gasteiger partial charge on any atom is 0.216 e. The van der Waals surface area contributed by atoms with Crippen LogP contribution in [0.15, 0.2) is 52.4 Å². The highest BCUT2D eigenvalue weighted by Crippen LogP contribution is 2.15. The molecule has 3 rings (SSSR count). The molecule has 0 aliphatic carbocycles. The third-order valence-electron chi connectivity index (χ3n) is 2.43. The smallest absolute Gasteiger partial charge is 0.216 e. The predicted molar refractivity (Wildman–Crippen MR) is 72.3 cm³/mol. The summed E-state index contributed by atoms with van der Waals surface area (Å²) in [6.45, 7) is 0. The molecule has 0 aliphatic heterocycles. The van der Waals surface area contributed by atoms with Gasteiger partial charge in [-0.3, -0.25) is 4.98 Å². The highest BCUT2D eigenvalue weighted by Gasteiger charge is 2.07. The summed E-state index contributed by atoms with van der Waals surface area (Å²) in [6, 6.07) is 7.27. The van der Waals surface area contributed by atoms with Crippen molar-refractivity contribution in [3.63, 3.8) is 0 Å². The lowest BCUT2D eigenvalue weighted by atomic mass is 10.2. The molecule has 0 bridgehead atoms. The van der Waals surface area contributed by atoms with Crippen molar-refractivity contribution in [2.24, 2.45) is 5.10 Å². The van der Waals surface area contributed by atoms with Crippen LogP contribution in [-0.2, 0) is 0 Å². The van der Waals surface area contributed by atoms with Gasteiger partial charge in [-0.2, -0.15) is 14.9 Å². The molecule has 19 heavy (non-hydrogen) atoms. The van der Waals surface area contributed by atoms with Crippen LogP contribution in [0.25, 0.3) is 11.4 Å². The fourth-order valence-electron chi connectivity index (χ4n) is 1.57. The van der Waals surface area contributed by atoms with E-state index in [0.29, 0.717) is 16.4 Å². The average Bonchev–Trinajstić information content (AvgIpc) is 3.07. The Balaban J connectivity index is 2.02. The van der Waals surface area contributed by atoms with Crippen molar-refractivity contribution in [3.8, 4) is 11.4 Å². The highest BCUT2D eigenvalue weighted by molar-refractivity contribution is 7.71. The molecule has 3 aromatic heterocycles. The van der Waals surface area contributed by atoms with Gasteiger partial charge in [0.25, 0.3) is 0 Å². The average molecular weight is 271 g/mol. The first-order chi connectivity index (χ1) is 9.34. The first-order valence-corrected chi connectivity index (χ1v) is 5.91. The molecule has 0 aliphatic rings. The molecule has 0 spiro atoms. The van der Waals surface area contributed by atoms with Crippen LogP contribution in [0.5, 0.6) is 0 Å². The second-order valence-corrected chi connectivity index (χ2v) is 4.05. The number of pyridine rings is 1. The first kappa shape index (κ1) is 11.5. The molecule has 94 valence electrons. The van der Waals surface area contributed by atoms with Gasteiger partial charge in [0.15, 0.2) is 5.82 Å². The van der Waals surface area contributed by atoms with Gasteiger partial charge in [-0.25, -0.2) is 5.10 Å². The van der Waals surface area contributed by atoms with Crippen LogP contribution < -0.4 is 0 Å². The summed E-state index contributed by atoms with van der Waals surface area (Å²) in [5, 5.41) is 11.1. The van der Waals surface area contributed by atoms with E-state index in [2.05, 4.69) is 20.3 Å². The van der Waals surface area contributed by atoms with Crippen molar-refractivity contribution >= 4 is 18.4 Å². The van der Waals surface area contributed by atoms with E-state index in [4.69, 9.17) is 16.6 Å². The Labute approximate surface area is 113 Å². The molecule has 3 heterocycles. The summed E-state index contributed by atoms with van der Waals surface area (Å²) in [5.41, 5.74) is 0.874. The molecule has 3 aromatic rings. The lowest BCUT2D eigenvalue weighted by molar-refractivity contribution is 0.559. The van der Waals surface area contributed by atoms with Crippen molar-refractivity contribution in [2.75, 3.05) is 0 Å². The topological polar surface area (TPSA) is 72.0 Å². The zero-order valence-corrected chi connectivity index (χ0v) is 10.5. The monoisotopic (exact) mass is 271 g/mol. The first-order valence-electron chi connectivity index (χ1n) is 5.50. The maximum absolute atomic E-state index is 5.18. The fourth-order valence-corrected chi connectivity index (χ4v) is 1.75. The molecule has 0 saturated carbocycles. The molecule has 1 N–H and O–H groups in total. The van der Waals surface area contributed by atoms with Gasteiger partial charge >= 0.3 is 0 Å². The Morgan fingerprint density at radius 1 is 1.32 bits per heavy atom. The molecule has 7 heteroatoms. The van der Waals surface area contributed by atoms with Crippen LogP contribution in [0, 0.1) is 4.77 Å². The maximum atomic E-state index is 5.18. The van der Waals surface area contributed by atoms with Crippen molar-refractivity contribution in [3.05, 3.63) is 53.5 Å². The van der Waals surface area contributed by atoms with Crippen LogP contribution in [0.2, 0.25) is 0 Å². The van der Waals surface area contributed by atoms with E-state index in [1.165, 1.54) is 4.68 Å². The summed E-state index contributed by atoms with van der Waals surface area (Å²) in [4.78, 5) is 3.97. The van der Waals surface area contributed by atoms with Crippen molar-refractivity contribution < 1.29 is 4.42 Å². The number of rotatable bonds is 3. The molecule has 0 saturated heterocycles. The zero-order chi connectivity index (χ0) is 13.1. The van der Waals surface area contributed by atoms with E-state index in [0.717, 1.165) is 5.56 Å². The van der Waals surface area contributed by atoms with Crippen molar-refractivity contribution in [1.82, 2.24) is 19.9 Å². The molecule has 0 aromatic carbocycles. The summed E-state index contributed by atoms with van der Waals surface area (Å²) < 4.78 is 7.13. The number of aromatic amines is 1. The minimum atomic E-state index is 0.412. The van der Waals surface area contributed by atoms with E-state index in [1.54, 1.807) is 37.0 Å². The fraction of sp³-hybridized carbons (Fsp3) is 0. The van der Waals surface area contributed by atoms with E-state index in [9.17, 15) is 0 Å². The van der Waals surface area contributed by atoms with Gasteiger partial charge in [-0.1, -0.05) is 0 Å². The lowest BCUT2D eigenvalue weighted by Gasteiger charge is -1.99. The molecule has 0 fully saturated rings. The van der Waals surface area contributed by atoms with Gasteiger partial charge < -0.3 is 4.42 Å². The number of H-pyrrole nitrogens is 1. The summed E-state index contributed by atoms with van der Waals surface area (Å²) in [6.07, 6.45) is 6.54. The van der Waals surface area contributed by atoms with Crippen LogP contribution in [0.1, 0.15) is 5.76 Å².